The Labute approximate surface area is 361 Å². The average Bonchev–Trinajstić information content (AvgIpc) is 4.01. The maximum Gasteiger partial charge on any atom is 0.139 e. The summed E-state index contributed by atoms with van der Waals surface area (Å²) in [7, 11) is 0. The zero-order chi connectivity index (χ0) is 41.7. The van der Waals surface area contributed by atoms with Crippen molar-refractivity contribution >= 4 is 56.1 Å². The normalized spacial score (nSPS) is 14.1. The fourth-order valence-corrected chi connectivity index (χ4v) is 10.5. The van der Waals surface area contributed by atoms with E-state index < -0.39 is 0 Å². The zero-order valence-corrected chi connectivity index (χ0v) is 35.2. The molecule has 2 aromatic heterocycles. The summed E-state index contributed by atoms with van der Waals surface area (Å²) in [5.74, 6) is 1.98. The standard InChI is InChI=1S/C58H44N2O2/c1-57(2)48-34-40(59(38-20-10-6-11-21-38)42-28-31-45-44-25-15-17-27-51(44)61-52(45)36-42)29-32-46(48)55-53(57)54-56(62-55)47-33-30-41(35-49(47)58(54,3)4)60(39-22-12-7-13-23-39)50-26-16-14-24-43(50)37-18-8-5-9-19-37/h5-36H,1-4H3. The SMILES string of the molecule is CC1(C)c2cc(N(c3ccccc3)c3ccc4c(c3)oc3ccccc34)ccc2-c2oc3c(c21)C(C)(C)c1cc(N(c2ccccc2)c2ccccc2-c2ccccc2)ccc1-3. The maximum absolute atomic E-state index is 7.15. The fourth-order valence-electron chi connectivity index (χ4n) is 10.5. The van der Waals surface area contributed by atoms with E-state index in [4.69, 9.17) is 8.83 Å². The monoisotopic (exact) mass is 800 g/mol. The van der Waals surface area contributed by atoms with Crippen LogP contribution in [0, 0.1) is 0 Å². The highest BCUT2D eigenvalue weighted by atomic mass is 16.3. The molecule has 62 heavy (non-hydrogen) atoms. The summed E-state index contributed by atoms with van der Waals surface area (Å²) in [6, 6.07) is 69.4. The lowest BCUT2D eigenvalue weighted by molar-refractivity contribution is 0.592. The number of furan rings is 2. The lowest BCUT2D eigenvalue weighted by Gasteiger charge is -2.31. The number of hydrogen-bond acceptors (Lipinski definition) is 4. The second-order valence-electron chi connectivity index (χ2n) is 17.7. The average molecular weight is 801 g/mol. The molecular weight excluding hydrogens is 757 g/mol. The molecule has 10 aromatic rings. The highest BCUT2D eigenvalue weighted by molar-refractivity contribution is 6.06. The molecule has 0 fully saturated rings. The van der Waals surface area contributed by atoms with E-state index in [2.05, 4.69) is 219 Å². The first-order valence-electron chi connectivity index (χ1n) is 21.5. The zero-order valence-electron chi connectivity index (χ0n) is 35.2. The van der Waals surface area contributed by atoms with Gasteiger partial charge in [0, 0.05) is 83.9 Å². The summed E-state index contributed by atoms with van der Waals surface area (Å²) < 4.78 is 13.5. The van der Waals surface area contributed by atoms with Gasteiger partial charge in [0.25, 0.3) is 0 Å². The van der Waals surface area contributed by atoms with Crippen molar-refractivity contribution in [2.75, 3.05) is 9.80 Å². The van der Waals surface area contributed by atoms with Gasteiger partial charge in [0.1, 0.15) is 22.7 Å². The predicted molar refractivity (Wildman–Crippen MR) is 256 cm³/mol. The topological polar surface area (TPSA) is 32.8 Å². The van der Waals surface area contributed by atoms with E-state index in [0.29, 0.717) is 0 Å². The summed E-state index contributed by atoms with van der Waals surface area (Å²) in [6.45, 7) is 9.48. The maximum atomic E-state index is 7.15. The van der Waals surface area contributed by atoms with Crippen LogP contribution in [0.25, 0.3) is 55.7 Å². The van der Waals surface area contributed by atoms with Gasteiger partial charge >= 0.3 is 0 Å². The highest BCUT2D eigenvalue weighted by Gasteiger charge is 2.50. The van der Waals surface area contributed by atoms with Crippen molar-refractivity contribution in [3.05, 3.63) is 216 Å². The predicted octanol–water partition coefficient (Wildman–Crippen LogP) is 16.4. The van der Waals surface area contributed by atoms with E-state index >= 15 is 0 Å². The van der Waals surface area contributed by atoms with Gasteiger partial charge in [-0.25, -0.2) is 0 Å². The van der Waals surface area contributed by atoms with Crippen molar-refractivity contribution in [2.45, 2.75) is 38.5 Å². The molecule has 0 unspecified atom stereocenters. The number of hydrogen-bond donors (Lipinski definition) is 0. The van der Waals surface area contributed by atoms with Crippen molar-refractivity contribution in [3.8, 4) is 33.8 Å². The minimum Gasteiger partial charge on any atom is -0.456 e. The third-order valence-corrected chi connectivity index (χ3v) is 13.4. The lowest BCUT2D eigenvalue weighted by Crippen LogP contribution is -2.23. The van der Waals surface area contributed by atoms with Gasteiger partial charge in [0.2, 0.25) is 0 Å². The van der Waals surface area contributed by atoms with E-state index in [9.17, 15) is 0 Å². The van der Waals surface area contributed by atoms with Crippen LogP contribution in [-0.2, 0) is 10.8 Å². The molecule has 4 heteroatoms. The Morgan fingerprint density at radius 3 is 1.48 bits per heavy atom. The molecule has 0 amide bonds. The first-order valence-corrected chi connectivity index (χ1v) is 21.5. The minimum absolute atomic E-state index is 0.320. The van der Waals surface area contributed by atoms with Gasteiger partial charge in [-0.1, -0.05) is 131 Å². The molecule has 4 nitrogen and oxygen atoms in total. The smallest absolute Gasteiger partial charge is 0.139 e. The van der Waals surface area contributed by atoms with E-state index in [1.807, 2.05) is 12.1 Å². The largest absolute Gasteiger partial charge is 0.456 e. The van der Waals surface area contributed by atoms with Crippen LogP contribution in [0.1, 0.15) is 49.9 Å². The lowest BCUT2D eigenvalue weighted by atomic mass is 9.74. The molecule has 2 aliphatic rings. The van der Waals surface area contributed by atoms with Gasteiger partial charge in [0.05, 0.1) is 5.69 Å². The summed E-state index contributed by atoms with van der Waals surface area (Å²) in [6.07, 6.45) is 0. The summed E-state index contributed by atoms with van der Waals surface area (Å²) in [5.41, 5.74) is 17.5. The fraction of sp³-hybridized carbons (Fsp3) is 0.103. The van der Waals surface area contributed by atoms with Crippen molar-refractivity contribution < 1.29 is 8.83 Å². The Kier molecular flexibility index (Phi) is 7.89. The van der Waals surface area contributed by atoms with Crippen LogP contribution in [0.2, 0.25) is 0 Å². The molecule has 298 valence electrons. The Bertz CT molecular complexity index is 3360. The number of benzene rings is 8. The van der Waals surface area contributed by atoms with E-state index in [-0.39, 0.29) is 10.8 Å². The van der Waals surface area contributed by atoms with Crippen LogP contribution in [-0.4, -0.2) is 0 Å². The van der Waals surface area contributed by atoms with Gasteiger partial charge in [-0.2, -0.15) is 0 Å². The number of fused-ring (bicyclic) bond motifs is 10. The number of rotatable bonds is 7. The van der Waals surface area contributed by atoms with E-state index in [0.717, 1.165) is 78.7 Å². The van der Waals surface area contributed by atoms with Crippen molar-refractivity contribution in [2.24, 2.45) is 0 Å². The van der Waals surface area contributed by atoms with Crippen molar-refractivity contribution in [1.82, 2.24) is 0 Å². The molecule has 12 rings (SSSR count). The third-order valence-electron chi connectivity index (χ3n) is 13.4. The Morgan fingerprint density at radius 1 is 0.355 bits per heavy atom. The third kappa shape index (κ3) is 5.32. The quantitative estimate of drug-likeness (QED) is 0.161. The van der Waals surface area contributed by atoms with Crippen LogP contribution in [0.5, 0.6) is 0 Å². The molecular formula is C58H44N2O2. The second kappa shape index (κ2) is 13.5. The first kappa shape index (κ1) is 36.3. The molecule has 2 heterocycles. The Balaban J connectivity index is 0.958. The molecule has 8 aromatic carbocycles. The van der Waals surface area contributed by atoms with Gasteiger partial charge in [-0.15, -0.1) is 0 Å². The number of para-hydroxylation sites is 4. The van der Waals surface area contributed by atoms with Crippen LogP contribution >= 0.6 is 0 Å². The molecule has 0 radical (unpaired) electrons. The Hall–Kier alpha value is -7.56. The minimum atomic E-state index is -0.324. The van der Waals surface area contributed by atoms with Crippen LogP contribution in [0.15, 0.2) is 203 Å². The molecule has 0 bridgehead atoms. The van der Waals surface area contributed by atoms with E-state index in [1.54, 1.807) is 0 Å². The van der Waals surface area contributed by atoms with Gasteiger partial charge in [0.15, 0.2) is 0 Å². The first-order chi connectivity index (χ1) is 30.3. The molecule has 0 aliphatic heterocycles. The van der Waals surface area contributed by atoms with Crippen LogP contribution < -0.4 is 9.80 Å². The molecule has 0 N–H and O–H groups in total. The summed E-state index contributed by atoms with van der Waals surface area (Å²) >= 11 is 0. The molecule has 0 atom stereocenters. The molecule has 0 saturated carbocycles. The van der Waals surface area contributed by atoms with Gasteiger partial charge in [-0.05, 0) is 102 Å². The Morgan fingerprint density at radius 2 is 0.839 bits per heavy atom. The van der Waals surface area contributed by atoms with Crippen molar-refractivity contribution in [3.63, 3.8) is 0 Å². The highest BCUT2D eigenvalue weighted by Crippen LogP contribution is 2.62. The molecule has 0 spiro atoms. The van der Waals surface area contributed by atoms with Crippen LogP contribution in [0.3, 0.4) is 0 Å². The molecule has 0 saturated heterocycles. The van der Waals surface area contributed by atoms with Gasteiger partial charge in [-0.3, -0.25) is 0 Å². The number of anilines is 6. The van der Waals surface area contributed by atoms with E-state index in [1.165, 1.54) is 33.4 Å². The van der Waals surface area contributed by atoms with Crippen LogP contribution in [0.4, 0.5) is 34.1 Å². The summed E-state index contributed by atoms with van der Waals surface area (Å²) in [5, 5.41) is 2.25. The van der Waals surface area contributed by atoms with Gasteiger partial charge < -0.3 is 18.6 Å². The molecule has 2 aliphatic carbocycles. The second-order valence-corrected chi connectivity index (χ2v) is 17.7. The number of nitrogens with zero attached hydrogens (tertiary/aromatic N) is 2. The summed E-state index contributed by atoms with van der Waals surface area (Å²) in [4.78, 5) is 4.73. The van der Waals surface area contributed by atoms with Crippen molar-refractivity contribution in [1.29, 1.82) is 0 Å².